The van der Waals surface area contributed by atoms with Gasteiger partial charge in [0, 0.05) is 16.9 Å². The predicted molar refractivity (Wildman–Crippen MR) is 80.9 cm³/mol. The summed E-state index contributed by atoms with van der Waals surface area (Å²) in [7, 11) is 0. The van der Waals surface area contributed by atoms with E-state index in [1.807, 2.05) is 0 Å². The Morgan fingerprint density at radius 3 is 2.75 bits per heavy atom. The second-order valence-corrected chi connectivity index (χ2v) is 5.41. The summed E-state index contributed by atoms with van der Waals surface area (Å²) < 4.78 is 14.3. The normalized spacial score (nSPS) is 12.3. The summed E-state index contributed by atoms with van der Waals surface area (Å²) in [4.78, 5) is 8.60. The summed E-state index contributed by atoms with van der Waals surface area (Å²) in [6.45, 7) is 2.98. The average molecular weight is 338 g/mol. The lowest BCUT2D eigenvalue weighted by molar-refractivity contribution is 0.502. The van der Waals surface area contributed by atoms with Crippen molar-refractivity contribution >= 4 is 15.9 Å². The first-order valence-corrected chi connectivity index (χ1v) is 7.44. The van der Waals surface area contributed by atoms with Crippen LogP contribution in [0.1, 0.15) is 30.8 Å². The number of rotatable bonds is 6. The maximum atomic E-state index is 13.4. The molecule has 1 unspecified atom stereocenters. The summed E-state index contributed by atoms with van der Waals surface area (Å²) in [6.07, 6.45) is 5.11. The summed E-state index contributed by atoms with van der Waals surface area (Å²) in [6, 6.07) is 6.50. The van der Waals surface area contributed by atoms with Crippen LogP contribution in [-0.2, 0) is 6.42 Å². The number of halogens is 2. The number of aromatic nitrogens is 2. The van der Waals surface area contributed by atoms with E-state index in [9.17, 15) is 4.39 Å². The number of nitrogens with one attached hydrogen (secondary N) is 1. The van der Waals surface area contributed by atoms with Gasteiger partial charge in [-0.1, -0.05) is 22.9 Å². The van der Waals surface area contributed by atoms with Crippen LogP contribution in [0, 0.1) is 5.82 Å². The molecule has 1 heterocycles. The molecule has 0 amide bonds. The average Bonchev–Trinajstić information content (AvgIpc) is 2.48. The van der Waals surface area contributed by atoms with Crippen LogP contribution in [-0.4, -0.2) is 16.5 Å². The molecule has 0 saturated carbocycles. The molecule has 20 heavy (non-hydrogen) atoms. The van der Waals surface area contributed by atoms with E-state index in [2.05, 4.69) is 38.1 Å². The van der Waals surface area contributed by atoms with E-state index in [0.717, 1.165) is 28.8 Å². The van der Waals surface area contributed by atoms with Crippen molar-refractivity contribution in [1.29, 1.82) is 0 Å². The third-order valence-electron chi connectivity index (χ3n) is 2.97. The summed E-state index contributed by atoms with van der Waals surface area (Å²) in [5, 5.41) is 3.41. The largest absolute Gasteiger partial charge is 0.307 e. The van der Waals surface area contributed by atoms with Crippen LogP contribution in [0.3, 0.4) is 0 Å². The third-order valence-corrected chi connectivity index (χ3v) is 3.74. The first kappa shape index (κ1) is 15.1. The van der Waals surface area contributed by atoms with Crippen LogP contribution in [0.4, 0.5) is 4.39 Å². The molecule has 2 rings (SSSR count). The molecule has 0 fully saturated rings. The maximum absolute atomic E-state index is 13.4. The zero-order valence-electron chi connectivity index (χ0n) is 11.3. The van der Waals surface area contributed by atoms with Gasteiger partial charge in [-0.3, -0.25) is 0 Å². The Labute approximate surface area is 126 Å². The lowest BCUT2D eigenvalue weighted by Gasteiger charge is -2.18. The first-order valence-electron chi connectivity index (χ1n) is 6.65. The molecule has 1 aromatic heterocycles. The second kappa shape index (κ2) is 7.45. The van der Waals surface area contributed by atoms with Crippen LogP contribution in [0.2, 0.25) is 0 Å². The Morgan fingerprint density at radius 2 is 2.05 bits per heavy atom. The van der Waals surface area contributed by atoms with E-state index in [-0.39, 0.29) is 11.9 Å². The third kappa shape index (κ3) is 4.08. The van der Waals surface area contributed by atoms with E-state index < -0.39 is 0 Å². The van der Waals surface area contributed by atoms with Gasteiger partial charge in [0.05, 0.1) is 6.04 Å². The highest BCUT2D eigenvalue weighted by molar-refractivity contribution is 9.10. The molecular formula is C15H17BrFN3. The highest BCUT2D eigenvalue weighted by Crippen LogP contribution is 2.23. The number of nitrogens with zero attached hydrogens (tertiary/aromatic N) is 2. The Balaban J connectivity index is 2.21. The van der Waals surface area contributed by atoms with Gasteiger partial charge in [0.15, 0.2) is 0 Å². The zero-order valence-corrected chi connectivity index (χ0v) is 12.9. The number of benzene rings is 1. The molecule has 0 aliphatic carbocycles. The molecule has 0 bridgehead atoms. The maximum Gasteiger partial charge on any atom is 0.145 e. The van der Waals surface area contributed by atoms with Crippen LogP contribution in [0.5, 0.6) is 0 Å². The van der Waals surface area contributed by atoms with E-state index in [4.69, 9.17) is 0 Å². The lowest BCUT2D eigenvalue weighted by Crippen LogP contribution is -2.26. The van der Waals surface area contributed by atoms with Gasteiger partial charge in [-0.2, -0.15) is 0 Å². The van der Waals surface area contributed by atoms with Crippen molar-refractivity contribution in [3.05, 3.63) is 58.3 Å². The Hall–Kier alpha value is -1.33. The van der Waals surface area contributed by atoms with Crippen molar-refractivity contribution in [2.75, 3.05) is 6.54 Å². The molecule has 1 aromatic carbocycles. The van der Waals surface area contributed by atoms with Crippen molar-refractivity contribution in [2.45, 2.75) is 25.8 Å². The highest BCUT2D eigenvalue weighted by atomic mass is 79.9. The Morgan fingerprint density at radius 1 is 1.30 bits per heavy atom. The van der Waals surface area contributed by atoms with Gasteiger partial charge in [0.2, 0.25) is 0 Å². The van der Waals surface area contributed by atoms with Gasteiger partial charge in [0.1, 0.15) is 11.6 Å². The summed E-state index contributed by atoms with van der Waals surface area (Å²) in [5.41, 5.74) is 0.908. The molecule has 0 radical (unpaired) electrons. The number of hydrogen-bond donors (Lipinski definition) is 1. The minimum absolute atomic E-state index is 0.0192. The van der Waals surface area contributed by atoms with Crippen LogP contribution in [0.15, 0.2) is 41.1 Å². The van der Waals surface area contributed by atoms with E-state index in [1.54, 1.807) is 30.6 Å². The molecule has 0 aliphatic rings. The van der Waals surface area contributed by atoms with Crippen molar-refractivity contribution in [1.82, 2.24) is 15.3 Å². The second-order valence-electron chi connectivity index (χ2n) is 4.55. The number of hydrogen-bond acceptors (Lipinski definition) is 3. The fourth-order valence-corrected chi connectivity index (χ4v) is 2.39. The molecule has 0 aliphatic heterocycles. The fourth-order valence-electron chi connectivity index (χ4n) is 1.98. The minimum atomic E-state index is -0.230. The topological polar surface area (TPSA) is 37.8 Å². The SMILES string of the molecule is CCCNC(Cc1cc(F)ccc1Br)c1ncccn1. The van der Waals surface area contributed by atoms with Crippen LogP contribution < -0.4 is 5.32 Å². The molecular weight excluding hydrogens is 321 g/mol. The van der Waals surface area contributed by atoms with Gasteiger partial charge in [0.25, 0.3) is 0 Å². The summed E-state index contributed by atoms with van der Waals surface area (Å²) >= 11 is 3.46. The van der Waals surface area contributed by atoms with Gasteiger partial charge in [-0.25, -0.2) is 14.4 Å². The minimum Gasteiger partial charge on any atom is -0.307 e. The highest BCUT2D eigenvalue weighted by Gasteiger charge is 2.16. The van der Waals surface area contributed by atoms with Gasteiger partial charge in [-0.15, -0.1) is 0 Å². The van der Waals surface area contributed by atoms with Crippen LogP contribution >= 0.6 is 15.9 Å². The first-order chi connectivity index (χ1) is 9.70. The Kier molecular flexibility index (Phi) is 5.61. The molecule has 3 nitrogen and oxygen atoms in total. The van der Waals surface area contributed by atoms with Gasteiger partial charge < -0.3 is 5.32 Å². The predicted octanol–water partition coefficient (Wildman–Crippen LogP) is 3.66. The van der Waals surface area contributed by atoms with Crippen LogP contribution in [0.25, 0.3) is 0 Å². The van der Waals surface area contributed by atoms with E-state index in [1.165, 1.54) is 6.07 Å². The molecule has 0 saturated heterocycles. The quantitative estimate of drug-likeness (QED) is 0.873. The standard InChI is InChI=1S/C15H17BrFN3/c1-2-6-18-14(15-19-7-3-8-20-15)10-11-9-12(17)4-5-13(11)16/h3-5,7-9,14,18H,2,6,10H2,1H3. The van der Waals surface area contributed by atoms with Gasteiger partial charge in [-0.05, 0) is 49.2 Å². The molecule has 2 aromatic rings. The van der Waals surface area contributed by atoms with E-state index in [0.29, 0.717) is 6.42 Å². The smallest absolute Gasteiger partial charge is 0.145 e. The molecule has 5 heteroatoms. The van der Waals surface area contributed by atoms with E-state index >= 15 is 0 Å². The summed E-state index contributed by atoms with van der Waals surface area (Å²) in [5.74, 6) is 0.503. The lowest BCUT2D eigenvalue weighted by atomic mass is 10.0. The van der Waals surface area contributed by atoms with Crippen molar-refractivity contribution < 1.29 is 4.39 Å². The van der Waals surface area contributed by atoms with Crippen molar-refractivity contribution in [3.8, 4) is 0 Å². The fraction of sp³-hybridized carbons (Fsp3) is 0.333. The van der Waals surface area contributed by atoms with Crippen molar-refractivity contribution in [2.24, 2.45) is 0 Å². The Bertz CT molecular complexity index is 548. The zero-order chi connectivity index (χ0) is 14.4. The van der Waals surface area contributed by atoms with Gasteiger partial charge >= 0.3 is 0 Å². The molecule has 1 N–H and O–H groups in total. The molecule has 0 spiro atoms. The monoisotopic (exact) mass is 337 g/mol. The molecule has 106 valence electrons. The molecule has 1 atom stereocenters. The van der Waals surface area contributed by atoms with Crippen molar-refractivity contribution in [3.63, 3.8) is 0 Å².